The van der Waals surface area contributed by atoms with Gasteiger partial charge in [-0.15, -0.1) is 0 Å². The van der Waals surface area contributed by atoms with Crippen molar-refractivity contribution in [3.05, 3.63) is 23.9 Å². The highest BCUT2D eigenvalue weighted by molar-refractivity contribution is 5.15. The number of hydrogen-bond donors (Lipinski definition) is 1. The van der Waals surface area contributed by atoms with Crippen LogP contribution in [-0.4, -0.2) is 43.2 Å². The molecule has 1 aromatic heterocycles. The van der Waals surface area contributed by atoms with Crippen LogP contribution in [0.15, 0.2) is 18.2 Å². The fraction of sp³-hybridized carbons (Fsp3) is 0.615. The van der Waals surface area contributed by atoms with Gasteiger partial charge in [-0.05, 0) is 19.2 Å². The molecule has 1 rings (SSSR count). The minimum absolute atomic E-state index is 0.685. The van der Waals surface area contributed by atoms with Crippen molar-refractivity contribution in [3.63, 3.8) is 0 Å². The van der Waals surface area contributed by atoms with E-state index >= 15 is 0 Å². The highest BCUT2D eigenvalue weighted by atomic mass is 16.5. The first kappa shape index (κ1) is 13.9. The fourth-order valence-electron chi connectivity index (χ4n) is 1.65. The highest BCUT2D eigenvalue weighted by Gasteiger charge is 2.05. The smallest absolute Gasteiger partial charge is 0.213 e. The molecular weight excluding hydrogens is 214 g/mol. The Labute approximate surface area is 104 Å². The normalized spacial score (nSPS) is 10.8. The summed E-state index contributed by atoms with van der Waals surface area (Å²) in [4.78, 5) is 6.79. The van der Waals surface area contributed by atoms with Crippen molar-refractivity contribution in [2.45, 2.75) is 20.4 Å². The molecule has 0 saturated carbocycles. The molecule has 0 amide bonds. The maximum Gasteiger partial charge on any atom is 0.213 e. The third kappa shape index (κ3) is 5.15. The molecule has 0 saturated heterocycles. The summed E-state index contributed by atoms with van der Waals surface area (Å²) in [5.41, 5.74) is 1.06. The molecule has 0 atom stereocenters. The van der Waals surface area contributed by atoms with Gasteiger partial charge in [-0.25, -0.2) is 4.98 Å². The highest BCUT2D eigenvalue weighted by Crippen LogP contribution is 2.08. The van der Waals surface area contributed by atoms with E-state index in [4.69, 9.17) is 4.74 Å². The van der Waals surface area contributed by atoms with Crippen molar-refractivity contribution in [1.82, 2.24) is 15.2 Å². The second kappa shape index (κ2) is 8.03. The van der Waals surface area contributed by atoms with Crippen LogP contribution < -0.4 is 10.1 Å². The molecule has 0 aromatic carbocycles. The number of ether oxygens (including phenoxy) is 1. The number of hydrogen-bond acceptors (Lipinski definition) is 4. The summed E-state index contributed by atoms with van der Waals surface area (Å²) >= 11 is 0. The third-order valence-corrected chi connectivity index (χ3v) is 2.68. The Balaban J connectivity index is 2.48. The Kier molecular flexibility index (Phi) is 6.58. The van der Waals surface area contributed by atoms with Gasteiger partial charge in [-0.1, -0.05) is 19.9 Å². The Bertz CT molecular complexity index is 317. The molecule has 4 heteroatoms. The molecule has 0 aliphatic rings. The summed E-state index contributed by atoms with van der Waals surface area (Å²) in [7, 11) is 1.65. The molecule has 0 spiro atoms. The van der Waals surface area contributed by atoms with E-state index in [0.717, 1.165) is 38.4 Å². The standard InChI is InChI=1S/C13H23N3O/c1-4-14-9-10-16(5-2)11-12-7-6-8-13(15-12)17-3/h6-8,14H,4-5,9-11H2,1-3H3. The lowest BCUT2D eigenvalue weighted by atomic mass is 10.3. The first-order valence-electron chi connectivity index (χ1n) is 6.23. The van der Waals surface area contributed by atoms with E-state index in [-0.39, 0.29) is 0 Å². The number of aromatic nitrogens is 1. The van der Waals surface area contributed by atoms with Gasteiger partial charge in [0, 0.05) is 25.7 Å². The van der Waals surface area contributed by atoms with Crippen molar-refractivity contribution >= 4 is 0 Å². The fourth-order valence-corrected chi connectivity index (χ4v) is 1.65. The van der Waals surface area contributed by atoms with Crippen molar-refractivity contribution in [2.24, 2.45) is 0 Å². The van der Waals surface area contributed by atoms with E-state index in [1.165, 1.54) is 0 Å². The number of nitrogens with one attached hydrogen (secondary N) is 1. The molecule has 0 aliphatic carbocycles. The summed E-state index contributed by atoms with van der Waals surface area (Å²) in [5.74, 6) is 0.685. The van der Waals surface area contributed by atoms with Crippen LogP contribution in [0.5, 0.6) is 5.88 Å². The summed E-state index contributed by atoms with van der Waals surface area (Å²) in [6, 6.07) is 5.90. The van der Waals surface area contributed by atoms with Gasteiger partial charge in [-0.2, -0.15) is 0 Å². The Morgan fingerprint density at radius 2 is 2.18 bits per heavy atom. The average molecular weight is 237 g/mol. The van der Waals surface area contributed by atoms with Crippen molar-refractivity contribution < 1.29 is 4.74 Å². The number of rotatable bonds is 8. The molecule has 4 nitrogen and oxygen atoms in total. The van der Waals surface area contributed by atoms with Gasteiger partial charge in [0.15, 0.2) is 0 Å². The molecule has 0 unspecified atom stereocenters. The van der Waals surface area contributed by atoms with Crippen molar-refractivity contribution in [2.75, 3.05) is 33.3 Å². The van der Waals surface area contributed by atoms with E-state index in [9.17, 15) is 0 Å². The van der Waals surface area contributed by atoms with E-state index in [0.29, 0.717) is 5.88 Å². The third-order valence-electron chi connectivity index (χ3n) is 2.68. The molecule has 0 aliphatic heterocycles. The van der Waals surface area contributed by atoms with E-state index in [2.05, 4.69) is 29.0 Å². The Hall–Kier alpha value is -1.13. The number of likely N-dealkylation sites (N-methyl/N-ethyl adjacent to an activating group) is 2. The first-order valence-corrected chi connectivity index (χ1v) is 6.23. The zero-order valence-corrected chi connectivity index (χ0v) is 11.1. The lowest BCUT2D eigenvalue weighted by Gasteiger charge is -2.20. The maximum absolute atomic E-state index is 5.13. The summed E-state index contributed by atoms with van der Waals surface area (Å²) in [5, 5.41) is 3.33. The van der Waals surface area contributed by atoms with Crippen LogP contribution in [0.4, 0.5) is 0 Å². The van der Waals surface area contributed by atoms with Crippen LogP contribution >= 0.6 is 0 Å². The second-order valence-electron chi connectivity index (χ2n) is 3.89. The van der Waals surface area contributed by atoms with Crippen LogP contribution in [0, 0.1) is 0 Å². The number of pyridine rings is 1. The van der Waals surface area contributed by atoms with Crippen molar-refractivity contribution in [3.8, 4) is 5.88 Å². The summed E-state index contributed by atoms with van der Waals surface area (Å²) in [6.45, 7) is 9.29. The maximum atomic E-state index is 5.13. The van der Waals surface area contributed by atoms with Gasteiger partial charge in [0.05, 0.1) is 12.8 Å². The predicted molar refractivity (Wildman–Crippen MR) is 70.3 cm³/mol. The number of nitrogens with zero attached hydrogens (tertiary/aromatic N) is 2. The molecule has 0 bridgehead atoms. The van der Waals surface area contributed by atoms with Crippen LogP contribution in [0.25, 0.3) is 0 Å². The minimum Gasteiger partial charge on any atom is -0.481 e. The Morgan fingerprint density at radius 3 is 2.82 bits per heavy atom. The monoisotopic (exact) mass is 237 g/mol. The van der Waals surface area contributed by atoms with Gasteiger partial charge < -0.3 is 10.1 Å². The van der Waals surface area contributed by atoms with Gasteiger partial charge in [0.2, 0.25) is 5.88 Å². The van der Waals surface area contributed by atoms with Gasteiger partial charge in [0.1, 0.15) is 0 Å². The van der Waals surface area contributed by atoms with Crippen LogP contribution in [0.3, 0.4) is 0 Å². The molecule has 0 radical (unpaired) electrons. The largest absolute Gasteiger partial charge is 0.481 e. The van der Waals surface area contributed by atoms with Crippen LogP contribution in [-0.2, 0) is 6.54 Å². The SMILES string of the molecule is CCNCCN(CC)Cc1cccc(OC)n1. The zero-order valence-electron chi connectivity index (χ0n) is 11.1. The van der Waals surface area contributed by atoms with E-state index in [1.807, 2.05) is 18.2 Å². The lowest BCUT2D eigenvalue weighted by Crippen LogP contribution is -2.31. The molecule has 17 heavy (non-hydrogen) atoms. The average Bonchev–Trinajstić information content (AvgIpc) is 2.38. The van der Waals surface area contributed by atoms with Gasteiger partial charge in [-0.3, -0.25) is 4.90 Å². The quantitative estimate of drug-likeness (QED) is 0.696. The predicted octanol–water partition coefficient (Wildman–Crippen LogP) is 1.52. The molecule has 0 fully saturated rings. The lowest BCUT2D eigenvalue weighted by molar-refractivity contribution is 0.275. The van der Waals surface area contributed by atoms with Gasteiger partial charge in [0.25, 0.3) is 0 Å². The second-order valence-corrected chi connectivity index (χ2v) is 3.89. The molecule has 1 N–H and O–H groups in total. The first-order chi connectivity index (χ1) is 8.30. The zero-order chi connectivity index (χ0) is 12.5. The summed E-state index contributed by atoms with van der Waals surface area (Å²) < 4.78 is 5.13. The topological polar surface area (TPSA) is 37.4 Å². The van der Waals surface area contributed by atoms with Crippen LogP contribution in [0.1, 0.15) is 19.5 Å². The van der Waals surface area contributed by atoms with E-state index in [1.54, 1.807) is 7.11 Å². The summed E-state index contributed by atoms with van der Waals surface area (Å²) in [6.07, 6.45) is 0. The molecular formula is C13H23N3O. The van der Waals surface area contributed by atoms with Crippen molar-refractivity contribution in [1.29, 1.82) is 0 Å². The minimum atomic E-state index is 0.685. The number of methoxy groups -OCH3 is 1. The van der Waals surface area contributed by atoms with E-state index < -0.39 is 0 Å². The molecule has 96 valence electrons. The van der Waals surface area contributed by atoms with Crippen LogP contribution in [0.2, 0.25) is 0 Å². The molecule has 1 aromatic rings. The molecule has 1 heterocycles. The Morgan fingerprint density at radius 1 is 1.35 bits per heavy atom. The van der Waals surface area contributed by atoms with Gasteiger partial charge >= 0.3 is 0 Å².